The number of carboxylic acids is 1. The highest BCUT2D eigenvalue weighted by Gasteiger charge is 2.33. The number of ether oxygens (including phenoxy) is 2. The molecule has 0 spiro atoms. The summed E-state index contributed by atoms with van der Waals surface area (Å²) < 4.78 is 61.8. The summed E-state index contributed by atoms with van der Waals surface area (Å²) in [5, 5.41) is 9.19. The standard InChI is InChI=1S/C25H28F4N2O4/c1-16-12-18(13-24(32)33)31(15-16)17-2-4-19(5-3-17)34-20-8-10-30(11-9-20)23-14-21(6-7-22(23)26)35-25(27,28)29/h2-7,14,16,18,20H,8-13,15H2,1H3,(H,32,33)/t16-,18-/m1/s1. The Hall–Kier alpha value is -3.17. The molecule has 0 saturated carbocycles. The van der Waals surface area contributed by atoms with Crippen molar-refractivity contribution in [1.82, 2.24) is 0 Å². The van der Waals surface area contributed by atoms with Gasteiger partial charge < -0.3 is 24.4 Å². The molecule has 0 radical (unpaired) electrons. The second kappa shape index (κ2) is 10.2. The number of nitrogens with zero attached hydrogens (tertiary/aromatic N) is 2. The van der Waals surface area contributed by atoms with Gasteiger partial charge in [0.1, 0.15) is 23.4 Å². The van der Waals surface area contributed by atoms with Crippen molar-refractivity contribution in [1.29, 1.82) is 0 Å². The maximum Gasteiger partial charge on any atom is 0.573 e. The Morgan fingerprint density at radius 1 is 1.09 bits per heavy atom. The van der Waals surface area contributed by atoms with E-state index in [0.29, 0.717) is 37.6 Å². The quantitative estimate of drug-likeness (QED) is 0.514. The first kappa shape index (κ1) is 24.9. The molecule has 2 aliphatic heterocycles. The van der Waals surface area contributed by atoms with E-state index in [1.165, 1.54) is 0 Å². The normalized spacial score (nSPS) is 21.3. The summed E-state index contributed by atoms with van der Waals surface area (Å²) in [4.78, 5) is 15.0. The molecule has 0 aromatic heterocycles. The molecule has 0 aliphatic carbocycles. The average molecular weight is 497 g/mol. The minimum atomic E-state index is -4.84. The van der Waals surface area contributed by atoms with Crippen LogP contribution in [-0.2, 0) is 4.79 Å². The molecule has 2 aromatic rings. The number of hydrogen-bond donors (Lipinski definition) is 1. The molecular weight excluding hydrogens is 468 g/mol. The summed E-state index contributed by atoms with van der Waals surface area (Å²) >= 11 is 0. The third-order valence-corrected chi connectivity index (χ3v) is 6.44. The zero-order valence-electron chi connectivity index (χ0n) is 19.3. The number of anilines is 2. The molecule has 1 N–H and O–H groups in total. The second-order valence-corrected chi connectivity index (χ2v) is 9.20. The Morgan fingerprint density at radius 3 is 2.37 bits per heavy atom. The number of hydrogen-bond acceptors (Lipinski definition) is 5. The summed E-state index contributed by atoms with van der Waals surface area (Å²) in [5.41, 5.74) is 1.03. The fraction of sp³-hybridized carbons (Fsp3) is 0.480. The minimum Gasteiger partial charge on any atom is -0.490 e. The molecule has 0 unspecified atom stereocenters. The second-order valence-electron chi connectivity index (χ2n) is 9.20. The van der Waals surface area contributed by atoms with Gasteiger partial charge in [-0.2, -0.15) is 0 Å². The van der Waals surface area contributed by atoms with Crippen molar-refractivity contribution < 1.29 is 36.9 Å². The molecule has 2 aromatic carbocycles. The summed E-state index contributed by atoms with van der Waals surface area (Å²) in [6, 6.07) is 10.6. The number of alkyl halides is 3. The Kier molecular flexibility index (Phi) is 7.28. The molecule has 4 rings (SSSR count). The Labute approximate surface area is 201 Å². The van der Waals surface area contributed by atoms with Crippen LogP contribution in [-0.4, -0.2) is 49.2 Å². The van der Waals surface area contributed by atoms with Crippen molar-refractivity contribution in [3.8, 4) is 11.5 Å². The highest BCUT2D eigenvalue weighted by molar-refractivity contribution is 5.69. The van der Waals surface area contributed by atoms with Crippen molar-refractivity contribution in [3.63, 3.8) is 0 Å². The van der Waals surface area contributed by atoms with Gasteiger partial charge in [0.05, 0.1) is 12.1 Å². The summed E-state index contributed by atoms with van der Waals surface area (Å²) in [6.07, 6.45) is -2.84. The van der Waals surface area contributed by atoms with Crippen molar-refractivity contribution in [2.75, 3.05) is 29.4 Å². The maximum absolute atomic E-state index is 14.3. The topological polar surface area (TPSA) is 62.2 Å². The van der Waals surface area contributed by atoms with Crippen LogP contribution in [0.3, 0.4) is 0 Å². The van der Waals surface area contributed by atoms with Gasteiger partial charge in [-0.25, -0.2) is 4.39 Å². The number of halogens is 4. The van der Waals surface area contributed by atoms with E-state index in [0.717, 1.165) is 36.9 Å². The zero-order valence-corrected chi connectivity index (χ0v) is 19.3. The molecule has 0 bridgehead atoms. The van der Waals surface area contributed by atoms with E-state index in [1.54, 1.807) is 4.90 Å². The van der Waals surface area contributed by atoms with E-state index in [4.69, 9.17) is 4.74 Å². The lowest BCUT2D eigenvalue weighted by Crippen LogP contribution is -2.38. The fourth-order valence-electron chi connectivity index (χ4n) is 4.92. The third kappa shape index (κ3) is 6.49. The van der Waals surface area contributed by atoms with Crippen LogP contribution in [0.1, 0.15) is 32.6 Å². The van der Waals surface area contributed by atoms with Gasteiger partial charge in [-0.05, 0) is 48.7 Å². The molecule has 2 saturated heterocycles. The number of benzene rings is 2. The predicted molar refractivity (Wildman–Crippen MR) is 123 cm³/mol. The summed E-state index contributed by atoms with van der Waals surface area (Å²) in [5.74, 6) is -0.760. The minimum absolute atomic E-state index is 0.0287. The van der Waals surface area contributed by atoms with Gasteiger partial charge in [-0.1, -0.05) is 6.92 Å². The molecule has 0 amide bonds. The first-order valence-electron chi connectivity index (χ1n) is 11.6. The largest absolute Gasteiger partial charge is 0.573 e. The van der Waals surface area contributed by atoms with Gasteiger partial charge in [0.2, 0.25) is 0 Å². The van der Waals surface area contributed by atoms with E-state index in [1.807, 2.05) is 24.3 Å². The zero-order chi connectivity index (χ0) is 25.2. The van der Waals surface area contributed by atoms with Gasteiger partial charge in [-0.3, -0.25) is 4.79 Å². The van der Waals surface area contributed by atoms with E-state index in [9.17, 15) is 27.5 Å². The maximum atomic E-state index is 14.3. The molecule has 2 fully saturated rings. The van der Waals surface area contributed by atoms with Crippen LogP contribution in [0.5, 0.6) is 11.5 Å². The monoisotopic (exact) mass is 496 g/mol. The number of carboxylic acid groups (broad SMARTS) is 1. The van der Waals surface area contributed by atoms with Crippen molar-refractivity contribution in [3.05, 3.63) is 48.3 Å². The van der Waals surface area contributed by atoms with E-state index >= 15 is 0 Å². The van der Waals surface area contributed by atoms with Gasteiger partial charge in [0.15, 0.2) is 0 Å². The Balaban J connectivity index is 1.33. The van der Waals surface area contributed by atoms with Crippen LogP contribution in [0.4, 0.5) is 28.9 Å². The molecule has 2 atom stereocenters. The molecule has 190 valence electrons. The van der Waals surface area contributed by atoms with Gasteiger partial charge in [0.25, 0.3) is 0 Å². The van der Waals surface area contributed by atoms with E-state index in [2.05, 4.69) is 16.6 Å². The van der Waals surface area contributed by atoms with Gasteiger partial charge >= 0.3 is 12.3 Å². The number of rotatable bonds is 7. The lowest BCUT2D eigenvalue weighted by molar-refractivity contribution is -0.274. The first-order chi connectivity index (χ1) is 16.6. The van der Waals surface area contributed by atoms with Gasteiger partial charge in [0, 0.05) is 50.3 Å². The Morgan fingerprint density at radius 2 is 1.74 bits per heavy atom. The molecule has 35 heavy (non-hydrogen) atoms. The molecule has 2 aliphatic rings. The molecule has 2 heterocycles. The number of aliphatic carboxylic acids is 1. The first-order valence-corrected chi connectivity index (χ1v) is 11.6. The molecule has 10 heteroatoms. The van der Waals surface area contributed by atoms with Crippen molar-refractivity contribution >= 4 is 17.3 Å². The number of piperidine rings is 1. The smallest absolute Gasteiger partial charge is 0.490 e. The van der Waals surface area contributed by atoms with Crippen LogP contribution in [0, 0.1) is 11.7 Å². The SMILES string of the molecule is C[C@@H]1C[C@H](CC(=O)O)N(c2ccc(OC3CCN(c4cc(OC(F)(F)F)ccc4F)CC3)cc2)C1. The van der Waals surface area contributed by atoms with E-state index < -0.39 is 23.9 Å². The lowest BCUT2D eigenvalue weighted by atomic mass is 10.1. The number of carbonyl (C=O) groups is 1. The van der Waals surface area contributed by atoms with Crippen LogP contribution in [0.25, 0.3) is 0 Å². The third-order valence-electron chi connectivity index (χ3n) is 6.44. The molecule has 6 nitrogen and oxygen atoms in total. The van der Waals surface area contributed by atoms with Crippen LogP contribution < -0.4 is 19.3 Å². The van der Waals surface area contributed by atoms with Crippen LogP contribution in [0.2, 0.25) is 0 Å². The highest BCUT2D eigenvalue weighted by Crippen LogP contribution is 2.33. The van der Waals surface area contributed by atoms with Gasteiger partial charge in [-0.15, -0.1) is 13.2 Å². The van der Waals surface area contributed by atoms with Crippen LogP contribution >= 0.6 is 0 Å². The average Bonchev–Trinajstić information content (AvgIpc) is 3.14. The highest BCUT2D eigenvalue weighted by atomic mass is 19.4. The van der Waals surface area contributed by atoms with E-state index in [-0.39, 0.29) is 24.3 Å². The summed E-state index contributed by atoms with van der Waals surface area (Å²) in [7, 11) is 0. The predicted octanol–water partition coefficient (Wildman–Crippen LogP) is 5.46. The Bertz CT molecular complexity index is 1020. The van der Waals surface area contributed by atoms with Crippen molar-refractivity contribution in [2.24, 2.45) is 5.92 Å². The lowest BCUT2D eigenvalue weighted by Gasteiger charge is -2.34. The van der Waals surface area contributed by atoms with Crippen molar-refractivity contribution in [2.45, 2.75) is 51.1 Å². The fourth-order valence-corrected chi connectivity index (χ4v) is 4.92. The molecular formula is C25H28F4N2O4. The summed E-state index contributed by atoms with van der Waals surface area (Å²) in [6.45, 7) is 3.78. The van der Waals surface area contributed by atoms with Crippen LogP contribution in [0.15, 0.2) is 42.5 Å².